The summed E-state index contributed by atoms with van der Waals surface area (Å²) in [6.45, 7) is 3.25. The Balaban J connectivity index is 1.40. The first-order valence-corrected chi connectivity index (χ1v) is 11.5. The number of morpholine rings is 1. The maximum Gasteiger partial charge on any atom is 0.131 e. The molecule has 1 aliphatic heterocycles. The molecule has 3 aromatic rings. The van der Waals surface area contributed by atoms with Gasteiger partial charge in [0, 0.05) is 24.7 Å². The molecule has 154 valence electrons. The van der Waals surface area contributed by atoms with Crippen LogP contribution in [0.1, 0.15) is 48.5 Å². The van der Waals surface area contributed by atoms with Gasteiger partial charge in [-0.15, -0.1) is 11.3 Å². The molecular formula is C23H25N5OS. The highest BCUT2D eigenvalue weighted by Gasteiger charge is 2.23. The van der Waals surface area contributed by atoms with Crippen molar-refractivity contribution in [1.29, 1.82) is 5.26 Å². The van der Waals surface area contributed by atoms with Crippen LogP contribution in [-0.2, 0) is 4.74 Å². The Hall–Kier alpha value is -2.69. The summed E-state index contributed by atoms with van der Waals surface area (Å²) in [6, 6.07) is 8.62. The first-order valence-electron chi connectivity index (χ1n) is 10.7. The van der Waals surface area contributed by atoms with Gasteiger partial charge in [-0.1, -0.05) is 19.3 Å². The van der Waals surface area contributed by atoms with E-state index >= 15 is 0 Å². The van der Waals surface area contributed by atoms with E-state index in [4.69, 9.17) is 4.74 Å². The second-order valence-electron chi connectivity index (χ2n) is 7.99. The third kappa shape index (κ3) is 3.85. The van der Waals surface area contributed by atoms with Gasteiger partial charge in [0.2, 0.25) is 0 Å². The maximum absolute atomic E-state index is 9.69. The summed E-state index contributed by atoms with van der Waals surface area (Å²) in [7, 11) is 0. The molecule has 0 radical (unpaired) electrons. The summed E-state index contributed by atoms with van der Waals surface area (Å²) in [4.78, 5) is 12.3. The van der Waals surface area contributed by atoms with Gasteiger partial charge in [-0.3, -0.25) is 0 Å². The van der Waals surface area contributed by atoms with Gasteiger partial charge in [-0.2, -0.15) is 5.26 Å². The molecule has 1 saturated carbocycles. The number of anilines is 3. The summed E-state index contributed by atoms with van der Waals surface area (Å²) < 4.78 is 6.51. The molecule has 0 aromatic carbocycles. The third-order valence-electron chi connectivity index (χ3n) is 6.08. The quantitative estimate of drug-likeness (QED) is 0.627. The number of hydrogen-bond donors (Lipinski definition) is 1. The largest absolute Gasteiger partial charge is 0.378 e. The molecule has 1 N–H and O–H groups in total. The minimum Gasteiger partial charge on any atom is -0.378 e. The average molecular weight is 420 g/mol. The molecule has 0 spiro atoms. The van der Waals surface area contributed by atoms with E-state index in [0.29, 0.717) is 5.92 Å². The van der Waals surface area contributed by atoms with E-state index in [-0.39, 0.29) is 0 Å². The first kappa shape index (κ1) is 19.3. The lowest BCUT2D eigenvalue weighted by atomic mass is 9.83. The average Bonchev–Trinajstić information content (AvgIpc) is 3.19. The highest BCUT2D eigenvalue weighted by Crippen LogP contribution is 2.42. The van der Waals surface area contributed by atoms with Gasteiger partial charge in [0.15, 0.2) is 0 Å². The number of nitriles is 1. The second kappa shape index (κ2) is 8.58. The van der Waals surface area contributed by atoms with Crippen LogP contribution in [0.25, 0.3) is 10.1 Å². The molecule has 4 heterocycles. The van der Waals surface area contributed by atoms with Crippen molar-refractivity contribution in [2.45, 2.75) is 38.0 Å². The molecule has 2 fully saturated rings. The number of pyridine rings is 2. The summed E-state index contributed by atoms with van der Waals surface area (Å²) in [5.74, 6) is 2.26. The number of thiophene rings is 1. The third-order valence-corrected chi connectivity index (χ3v) is 7.15. The number of hydrogen-bond acceptors (Lipinski definition) is 7. The van der Waals surface area contributed by atoms with Crippen LogP contribution >= 0.6 is 11.3 Å². The van der Waals surface area contributed by atoms with E-state index in [1.807, 2.05) is 24.5 Å². The van der Waals surface area contributed by atoms with Crippen molar-refractivity contribution >= 4 is 38.7 Å². The van der Waals surface area contributed by atoms with Gasteiger partial charge in [0.25, 0.3) is 0 Å². The van der Waals surface area contributed by atoms with Gasteiger partial charge >= 0.3 is 0 Å². The molecule has 5 rings (SSSR count). The lowest BCUT2D eigenvalue weighted by molar-refractivity contribution is 0.122. The molecule has 2 aliphatic rings. The number of nitrogens with one attached hydrogen (secondary N) is 1. The van der Waals surface area contributed by atoms with Crippen LogP contribution in [0.3, 0.4) is 0 Å². The highest BCUT2D eigenvalue weighted by atomic mass is 32.1. The second-order valence-corrected chi connectivity index (χ2v) is 9.04. The van der Waals surface area contributed by atoms with E-state index in [2.05, 4.69) is 32.3 Å². The predicted molar refractivity (Wildman–Crippen MR) is 121 cm³/mol. The minimum absolute atomic E-state index is 0.492. The molecule has 0 amide bonds. The molecule has 0 atom stereocenters. The topological polar surface area (TPSA) is 74.1 Å². The van der Waals surface area contributed by atoms with Gasteiger partial charge in [0.05, 0.1) is 29.8 Å². The normalized spacial score (nSPS) is 17.8. The SMILES string of the molecule is N#Cc1sc2cnc(Nc3ccc(N4CCOCC4)nc3)cc2c1C1CCCCC1. The van der Waals surface area contributed by atoms with Gasteiger partial charge < -0.3 is 15.0 Å². The summed E-state index contributed by atoms with van der Waals surface area (Å²) in [6.07, 6.45) is 9.92. The van der Waals surface area contributed by atoms with Crippen LogP contribution in [-0.4, -0.2) is 36.3 Å². The van der Waals surface area contributed by atoms with E-state index in [1.54, 1.807) is 11.3 Å². The molecule has 1 saturated heterocycles. The van der Waals surface area contributed by atoms with Crippen LogP contribution in [0.15, 0.2) is 30.6 Å². The summed E-state index contributed by atoms with van der Waals surface area (Å²) >= 11 is 1.57. The van der Waals surface area contributed by atoms with Crippen LogP contribution in [0.2, 0.25) is 0 Å². The van der Waals surface area contributed by atoms with Crippen LogP contribution in [0, 0.1) is 11.3 Å². The van der Waals surface area contributed by atoms with Crippen molar-refractivity contribution in [3.8, 4) is 6.07 Å². The Morgan fingerprint density at radius 3 is 2.67 bits per heavy atom. The fourth-order valence-corrected chi connectivity index (χ4v) is 5.59. The van der Waals surface area contributed by atoms with Crippen molar-refractivity contribution in [3.63, 3.8) is 0 Å². The van der Waals surface area contributed by atoms with E-state index in [1.165, 1.54) is 43.1 Å². The fraction of sp³-hybridized carbons (Fsp3) is 0.435. The van der Waals surface area contributed by atoms with Gasteiger partial charge in [-0.05, 0) is 42.5 Å². The fourth-order valence-electron chi connectivity index (χ4n) is 4.56. The van der Waals surface area contributed by atoms with Crippen molar-refractivity contribution < 1.29 is 4.74 Å². The van der Waals surface area contributed by atoms with Crippen molar-refractivity contribution in [1.82, 2.24) is 9.97 Å². The first-order chi connectivity index (χ1) is 14.8. The number of fused-ring (bicyclic) bond motifs is 1. The zero-order valence-electron chi connectivity index (χ0n) is 16.9. The standard InChI is InChI=1S/C23H25N5OS/c24-13-19-23(16-4-2-1-3-5-16)18-12-21(25-15-20(18)30-19)27-17-6-7-22(26-14-17)28-8-10-29-11-9-28/h6-7,12,14-16H,1-5,8-11H2,(H,25,27). The maximum atomic E-state index is 9.69. The Morgan fingerprint density at radius 1 is 1.10 bits per heavy atom. The van der Waals surface area contributed by atoms with Crippen LogP contribution in [0.5, 0.6) is 0 Å². The monoisotopic (exact) mass is 419 g/mol. The molecule has 7 heteroatoms. The number of aromatic nitrogens is 2. The Morgan fingerprint density at radius 2 is 1.93 bits per heavy atom. The zero-order chi connectivity index (χ0) is 20.3. The van der Waals surface area contributed by atoms with Crippen molar-refractivity contribution in [3.05, 3.63) is 41.0 Å². The highest BCUT2D eigenvalue weighted by molar-refractivity contribution is 7.19. The summed E-state index contributed by atoms with van der Waals surface area (Å²) in [5.41, 5.74) is 2.15. The number of ether oxygens (including phenoxy) is 1. The molecule has 0 bridgehead atoms. The van der Waals surface area contributed by atoms with Crippen LogP contribution < -0.4 is 10.2 Å². The van der Waals surface area contributed by atoms with Gasteiger partial charge in [-0.25, -0.2) is 9.97 Å². The Kier molecular flexibility index (Phi) is 5.52. The number of rotatable bonds is 4. The zero-order valence-corrected chi connectivity index (χ0v) is 17.7. The van der Waals surface area contributed by atoms with Crippen LogP contribution in [0.4, 0.5) is 17.3 Å². The lowest BCUT2D eigenvalue weighted by Gasteiger charge is -2.27. The molecule has 3 aromatic heterocycles. The molecular weight excluding hydrogens is 394 g/mol. The molecule has 0 unspecified atom stereocenters. The molecule has 6 nitrogen and oxygen atoms in total. The minimum atomic E-state index is 0.492. The summed E-state index contributed by atoms with van der Waals surface area (Å²) in [5, 5.41) is 14.3. The molecule has 1 aliphatic carbocycles. The van der Waals surface area contributed by atoms with E-state index < -0.39 is 0 Å². The van der Waals surface area contributed by atoms with Crippen molar-refractivity contribution in [2.24, 2.45) is 0 Å². The molecule has 30 heavy (non-hydrogen) atoms. The number of nitrogens with zero attached hydrogens (tertiary/aromatic N) is 4. The Bertz CT molecular complexity index is 1060. The van der Waals surface area contributed by atoms with Gasteiger partial charge in [0.1, 0.15) is 22.6 Å². The predicted octanol–water partition coefficient (Wildman–Crippen LogP) is 5.19. The lowest BCUT2D eigenvalue weighted by Crippen LogP contribution is -2.36. The smallest absolute Gasteiger partial charge is 0.131 e. The van der Waals surface area contributed by atoms with E-state index in [0.717, 1.165) is 53.2 Å². The Labute approximate surface area is 180 Å². The van der Waals surface area contributed by atoms with Crippen molar-refractivity contribution in [2.75, 3.05) is 36.5 Å². The van der Waals surface area contributed by atoms with E-state index in [9.17, 15) is 5.26 Å².